The van der Waals surface area contributed by atoms with Crippen LogP contribution in [0.25, 0.3) is 0 Å². The molecule has 0 aliphatic carbocycles. The summed E-state index contributed by atoms with van der Waals surface area (Å²) in [4.78, 5) is 12.5. The van der Waals surface area contributed by atoms with Crippen LogP contribution in [0.5, 0.6) is 0 Å². The fraction of sp³-hybridized carbons (Fsp3) is 0.588. The van der Waals surface area contributed by atoms with Gasteiger partial charge in [0.2, 0.25) is 10.0 Å². The number of nitrogens with one attached hydrogen (secondary N) is 3. The number of sulfonamides is 1. The van der Waals surface area contributed by atoms with Crippen molar-refractivity contribution in [1.29, 1.82) is 0 Å². The van der Waals surface area contributed by atoms with Crippen LogP contribution in [0.2, 0.25) is 0 Å². The average molecular weight is 388 g/mol. The molecule has 2 atom stereocenters. The summed E-state index contributed by atoms with van der Waals surface area (Å²) in [6, 6.07) is 7.89. The number of carbonyl (C=O) groups is 1. The fourth-order valence-electron chi connectivity index (χ4n) is 3.67. The van der Waals surface area contributed by atoms with Crippen molar-refractivity contribution in [1.82, 2.24) is 10.6 Å². The van der Waals surface area contributed by atoms with E-state index in [1.54, 1.807) is 24.3 Å². The van der Waals surface area contributed by atoms with Crippen molar-refractivity contribution in [3.8, 4) is 0 Å². The smallest absolute Gasteiger partial charge is 0.251 e. The molecule has 2 aliphatic heterocycles. The Kier molecular flexibility index (Phi) is 6.71. The molecule has 6 nitrogen and oxygen atoms in total. The Balaban J connectivity index is 0.00000225. The number of hydrogen-bond acceptors (Lipinski definition) is 4. The lowest BCUT2D eigenvalue weighted by atomic mass is 9.99. The summed E-state index contributed by atoms with van der Waals surface area (Å²) >= 11 is 0. The van der Waals surface area contributed by atoms with Gasteiger partial charge in [-0.1, -0.05) is 13.0 Å². The highest BCUT2D eigenvalue weighted by Gasteiger charge is 2.34. The lowest BCUT2D eigenvalue weighted by Crippen LogP contribution is -2.48. The molecule has 1 aromatic rings. The lowest BCUT2D eigenvalue weighted by molar-refractivity contribution is 0.0924. The highest BCUT2D eigenvalue weighted by molar-refractivity contribution is 7.92. The van der Waals surface area contributed by atoms with Gasteiger partial charge in [0, 0.05) is 29.4 Å². The molecule has 25 heavy (non-hydrogen) atoms. The van der Waals surface area contributed by atoms with Crippen LogP contribution in [0.15, 0.2) is 24.3 Å². The third-order valence-electron chi connectivity index (χ3n) is 4.68. The van der Waals surface area contributed by atoms with Crippen molar-refractivity contribution < 1.29 is 13.2 Å². The predicted molar refractivity (Wildman–Crippen MR) is 102 cm³/mol. The summed E-state index contributed by atoms with van der Waals surface area (Å²) in [5.74, 6) is -0.0702. The minimum Gasteiger partial charge on any atom is -0.349 e. The Labute approximate surface area is 155 Å². The molecule has 2 unspecified atom stereocenters. The maximum Gasteiger partial charge on any atom is 0.251 e. The van der Waals surface area contributed by atoms with Gasteiger partial charge in [-0.2, -0.15) is 0 Å². The zero-order valence-electron chi connectivity index (χ0n) is 14.3. The van der Waals surface area contributed by atoms with Crippen molar-refractivity contribution in [2.24, 2.45) is 0 Å². The summed E-state index contributed by atoms with van der Waals surface area (Å²) in [7, 11) is -3.35. The maximum absolute atomic E-state index is 12.5. The van der Waals surface area contributed by atoms with Gasteiger partial charge in [-0.15, -0.1) is 12.4 Å². The molecule has 0 radical (unpaired) electrons. The van der Waals surface area contributed by atoms with E-state index in [9.17, 15) is 13.2 Å². The quantitative estimate of drug-likeness (QED) is 0.698. The van der Waals surface area contributed by atoms with E-state index in [0.717, 1.165) is 12.8 Å². The van der Waals surface area contributed by atoms with Gasteiger partial charge in [0.05, 0.1) is 5.75 Å². The van der Waals surface area contributed by atoms with Crippen molar-refractivity contribution >= 4 is 34.0 Å². The molecular weight excluding hydrogens is 362 g/mol. The molecule has 2 heterocycles. The molecule has 1 aromatic carbocycles. The Hall–Kier alpha value is -1.31. The zero-order valence-corrected chi connectivity index (χ0v) is 16.0. The topological polar surface area (TPSA) is 87.3 Å². The molecule has 3 rings (SSSR count). The number of rotatable bonds is 6. The standard InChI is InChI=1S/C17H25N3O3S.ClH/c1-2-8-24(22,23)20-15-5-3-4-12(9-15)17(21)19-16-10-13-6-7-14(11-16)18-13;/h3-5,9,13-14,16,18,20H,2,6-8,10-11H2,1H3,(H,19,21);1H. The van der Waals surface area contributed by atoms with Crippen LogP contribution in [0, 0.1) is 0 Å². The molecule has 0 saturated carbocycles. The number of halogens is 1. The molecule has 2 bridgehead atoms. The van der Waals surface area contributed by atoms with Gasteiger partial charge in [0.15, 0.2) is 0 Å². The van der Waals surface area contributed by atoms with Crippen LogP contribution >= 0.6 is 12.4 Å². The highest BCUT2D eigenvalue weighted by Crippen LogP contribution is 2.27. The second kappa shape index (κ2) is 8.38. The van der Waals surface area contributed by atoms with E-state index in [1.807, 2.05) is 6.92 Å². The number of benzene rings is 1. The number of carbonyl (C=O) groups excluding carboxylic acids is 1. The molecule has 2 saturated heterocycles. The Bertz CT molecular complexity index is 699. The average Bonchev–Trinajstić information content (AvgIpc) is 2.85. The van der Waals surface area contributed by atoms with Gasteiger partial charge in [-0.25, -0.2) is 8.42 Å². The number of amides is 1. The molecule has 0 spiro atoms. The molecule has 2 fully saturated rings. The lowest BCUT2D eigenvalue weighted by Gasteiger charge is -2.29. The van der Waals surface area contributed by atoms with E-state index in [1.165, 1.54) is 12.8 Å². The maximum atomic E-state index is 12.5. The fourth-order valence-corrected chi connectivity index (χ4v) is 4.79. The van der Waals surface area contributed by atoms with E-state index in [4.69, 9.17) is 0 Å². The minimum absolute atomic E-state index is 0. The first-order valence-corrected chi connectivity index (χ1v) is 10.3. The van der Waals surface area contributed by atoms with E-state index >= 15 is 0 Å². The Morgan fingerprint density at radius 2 is 1.92 bits per heavy atom. The first-order chi connectivity index (χ1) is 11.4. The van der Waals surface area contributed by atoms with Gasteiger partial charge in [-0.3, -0.25) is 9.52 Å². The predicted octanol–water partition coefficient (Wildman–Crippen LogP) is 2.27. The number of fused-ring (bicyclic) bond motifs is 2. The molecule has 3 N–H and O–H groups in total. The van der Waals surface area contributed by atoms with E-state index in [2.05, 4.69) is 15.4 Å². The first kappa shape index (κ1) is 20.0. The van der Waals surface area contributed by atoms with Gasteiger partial charge in [0.1, 0.15) is 0 Å². The first-order valence-electron chi connectivity index (χ1n) is 8.62. The summed E-state index contributed by atoms with van der Waals surface area (Å²) in [6.07, 6.45) is 4.85. The van der Waals surface area contributed by atoms with Crippen LogP contribution in [0.3, 0.4) is 0 Å². The molecular formula is C17H26ClN3O3S. The van der Waals surface area contributed by atoms with Gasteiger partial charge in [-0.05, 0) is 50.3 Å². The van der Waals surface area contributed by atoms with Crippen molar-refractivity contribution in [2.45, 2.75) is 57.2 Å². The number of hydrogen-bond donors (Lipinski definition) is 3. The highest BCUT2D eigenvalue weighted by atomic mass is 35.5. The Morgan fingerprint density at radius 3 is 2.56 bits per heavy atom. The summed E-state index contributed by atoms with van der Waals surface area (Å²) in [5, 5.41) is 6.65. The van der Waals surface area contributed by atoms with Crippen molar-refractivity contribution in [3.05, 3.63) is 29.8 Å². The molecule has 2 aliphatic rings. The normalized spacial score (nSPS) is 25.1. The number of anilines is 1. The van der Waals surface area contributed by atoms with Crippen LogP contribution in [0.1, 0.15) is 49.4 Å². The molecule has 8 heteroatoms. The second-order valence-electron chi connectivity index (χ2n) is 6.78. The third-order valence-corrected chi connectivity index (χ3v) is 6.17. The van der Waals surface area contributed by atoms with Gasteiger partial charge in [0.25, 0.3) is 5.91 Å². The van der Waals surface area contributed by atoms with E-state index in [0.29, 0.717) is 29.8 Å². The molecule has 140 valence electrons. The van der Waals surface area contributed by atoms with E-state index < -0.39 is 10.0 Å². The molecule has 0 aromatic heterocycles. The van der Waals surface area contributed by atoms with Crippen molar-refractivity contribution in [2.75, 3.05) is 10.5 Å². The zero-order chi connectivity index (χ0) is 17.2. The largest absolute Gasteiger partial charge is 0.349 e. The molecule has 1 amide bonds. The summed E-state index contributed by atoms with van der Waals surface area (Å²) < 4.78 is 26.2. The SMILES string of the molecule is CCCS(=O)(=O)Nc1cccc(C(=O)NC2CC3CCC(C2)N3)c1.Cl. The number of piperidine rings is 1. The summed E-state index contributed by atoms with van der Waals surface area (Å²) in [5.41, 5.74) is 0.916. The van der Waals surface area contributed by atoms with Crippen LogP contribution < -0.4 is 15.4 Å². The second-order valence-corrected chi connectivity index (χ2v) is 8.62. The van der Waals surface area contributed by atoms with Crippen LogP contribution in [-0.4, -0.2) is 38.2 Å². The Morgan fingerprint density at radius 1 is 1.24 bits per heavy atom. The summed E-state index contributed by atoms with van der Waals surface area (Å²) in [6.45, 7) is 1.81. The third kappa shape index (κ3) is 5.33. The van der Waals surface area contributed by atoms with Crippen LogP contribution in [0.4, 0.5) is 5.69 Å². The monoisotopic (exact) mass is 387 g/mol. The van der Waals surface area contributed by atoms with Crippen LogP contribution in [-0.2, 0) is 10.0 Å². The minimum atomic E-state index is -3.35. The van der Waals surface area contributed by atoms with Crippen molar-refractivity contribution in [3.63, 3.8) is 0 Å². The van der Waals surface area contributed by atoms with E-state index in [-0.39, 0.29) is 30.1 Å². The van der Waals surface area contributed by atoms with Gasteiger partial charge < -0.3 is 10.6 Å². The van der Waals surface area contributed by atoms with Gasteiger partial charge >= 0.3 is 0 Å².